The molecule has 0 saturated carbocycles. The normalized spacial score (nSPS) is 13.2. The highest BCUT2D eigenvalue weighted by Gasteiger charge is 2.16. The van der Waals surface area contributed by atoms with E-state index in [0.29, 0.717) is 24.6 Å². The first-order valence-corrected chi connectivity index (χ1v) is 8.66. The van der Waals surface area contributed by atoms with Gasteiger partial charge in [0.1, 0.15) is 21.3 Å². The summed E-state index contributed by atoms with van der Waals surface area (Å²) in [7, 11) is 2.06. The molecule has 0 aromatic heterocycles. The number of hydrogen-bond donors (Lipinski definition) is 1. The maximum absolute atomic E-state index is 11.2. The molecular weight excluding hydrogens is 292 g/mol. The molecule has 0 spiro atoms. The molecule has 0 aliphatic heterocycles. The zero-order valence-corrected chi connectivity index (χ0v) is 13.8. The van der Waals surface area contributed by atoms with Crippen LogP contribution in [0.15, 0.2) is 18.2 Å². The molecule has 2 N–H and O–H groups in total. The van der Waals surface area contributed by atoms with Crippen LogP contribution in [0.25, 0.3) is 0 Å². The first-order chi connectivity index (χ1) is 9.76. The van der Waals surface area contributed by atoms with Gasteiger partial charge in [0.25, 0.3) is 0 Å². The summed E-state index contributed by atoms with van der Waals surface area (Å²) in [6.07, 6.45) is 1.23. The van der Waals surface area contributed by atoms with Crippen molar-refractivity contribution in [2.75, 3.05) is 46.4 Å². The van der Waals surface area contributed by atoms with Crippen LogP contribution in [0.2, 0.25) is 0 Å². The SMILES string of the molecule is COc1ccc(OC)c(C(N)CN(C)CCS(C)(=O)=O)c1. The second kappa shape index (κ2) is 7.63. The minimum absolute atomic E-state index is 0.117. The van der Waals surface area contributed by atoms with Gasteiger partial charge >= 0.3 is 0 Å². The Bertz CT molecular complexity index is 560. The van der Waals surface area contributed by atoms with E-state index in [9.17, 15) is 8.42 Å². The molecule has 0 heterocycles. The third-order valence-electron chi connectivity index (χ3n) is 3.19. The van der Waals surface area contributed by atoms with Gasteiger partial charge in [-0.1, -0.05) is 0 Å². The fourth-order valence-electron chi connectivity index (χ4n) is 1.98. The van der Waals surface area contributed by atoms with Crippen molar-refractivity contribution in [3.8, 4) is 11.5 Å². The monoisotopic (exact) mass is 316 g/mol. The number of sulfone groups is 1. The minimum atomic E-state index is -2.97. The third-order valence-corrected chi connectivity index (χ3v) is 4.11. The van der Waals surface area contributed by atoms with Crippen LogP contribution in [-0.2, 0) is 9.84 Å². The van der Waals surface area contributed by atoms with Gasteiger partial charge in [-0.2, -0.15) is 0 Å². The van der Waals surface area contributed by atoms with Gasteiger partial charge in [0, 0.05) is 31.0 Å². The van der Waals surface area contributed by atoms with E-state index in [-0.39, 0.29) is 11.8 Å². The molecule has 1 unspecified atom stereocenters. The Morgan fingerprint density at radius 2 is 1.95 bits per heavy atom. The maximum Gasteiger partial charge on any atom is 0.148 e. The van der Waals surface area contributed by atoms with Gasteiger partial charge in [0.2, 0.25) is 0 Å². The second-order valence-corrected chi connectivity index (χ2v) is 7.37. The van der Waals surface area contributed by atoms with Crippen LogP contribution in [-0.4, -0.2) is 59.7 Å². The van der Waals surface area contributed by atoms with Crippen molar-refractivity contribution in [1.82, 2.24) is 4.90 Å². The van der Waals surface area contributed by atoms with Crippen LogP contribution in [0.1, 0.15) is 11.6 Å². The average Bonchev–Trinajstić information content (AvgIpc) is 2.43. The summed E-state index contributed by atoms with van der Waals surface area (Å²) in [4.78, 5) is 1.89. The molecule has 0 aliphatic carbocycles. The van der Waals surface area contributed by atoms with Crippen molar-refractivity contribution in [3.05, 3.63) is 23.8 Å². The molecular formula is C14H24N2O4S. The van der Waals surface area contributed by atoms with Gasteiger partial charge in [0.15, 0.2) is 0 Å². The third kappa shape index (κ3) is 5.91. The number of likely N-dealkylation sites (N-methyl/N-ethyl adjacent to an activating group) is 1. The van der Waals surface area contributed by atoms with E-state index in [1.807, 2.05) is 30.1 Å². The Morgan fingerprint density at radius 3 is 2.48 bits per heavy atom. The van der Waals surface area contributed by atoms with Crippen LogP contribution in [0.4, 0.5) is 0 Å². The minimum Gasteiger partial charge on any atom is -0.497 e. The number of nitrogens with zero attached hydrogens (tertiary/aromatic N) is 1. The summed E-state index contributed by atoms with van der Waals surface area (Å²) in [6, 6.07) is 5.17. The highest BCUT2D eigenvalue weighted by atomic mass is 32.2. The van der Waals surface area contributed by atoms with Gasteiger partial charge in [0.05, 0.1) is 20.0 Å². The van der Waals surface area contributed by atoms with Crippen molar-refractivity contribution in [1.29, 1.82) is 0 Å². The quantitative estimate of drug-likeness (QED) is 0.759. The highest BCUT2D eigenvalue weighted by molar-refractivity contribution is 7.90. The number of methoxy groups -OCH3 is 2. The van der Waals surface area contributed by atoms with Crippen LogP contribution in [0.3, 0.4) is 0 Å². The summed E-state index contributed by atoms with van der Waals surface area (Å²) >= 11 is 0. The fourth-order valence-corrected chi connectivity index (χ4v) is 2.62. The lowest BCUT2D eigenvalue weighted by atomic mass is 10.1. The van der Waals surface area contributed by atoms with E-state index in [1.54, 1.807) is 14.2 Å². The number of rotatable bonds is 8. The Labute approximate surface area is 126 Å². The first-order valence-electron chi connectivity index (χ1n) is 6.60. The summed E-state index contributed by atoms with van der Waals surface area (Å²) in [5, 5.41) is 0. The van der Waals surface area contributed by atoms with Gasteiger partial charge in [-0.05, 0) is 25.2 Å². The van der Waals surface area contributed by atoms with Crippen molar-refractivity contribution in [2.45, 2.75) is 6.04 Å². The molecule has 1 aromatic rings. The summed E-state index contributed by atoms with van der Waals surface area (Å²) in [5.41, 5.74) is 7.04. The van der Waals surface area contributed by atoms with E-state index in [1.165, 1.54) is 6.26 Å². The largest absolute Gasteiger partial charge is 0.497 e. The zero-order valence-electron chi connectivity index (χ0n) is 13.0. The van der Waals surface area contributed by atoms with Crippen LogP contribution in [0, 0.1) is 0 Å². The van der Waals surface area contributed by atoms with Crippen molar-refractivity contribution < 1.29 is 17.9 Å². The number of ether oxygens (including phenoxy) is 2. The number of hydrogen-bond acceptors (Lipinski definition) is 6. The molecule has 1 atom stereocenters. The van der Waals surface area contributed by atoms with Crippen LogP contribution >= 0.6 is 0 Å². The molecule has 120 valence electrons. The molecule has 0 saturated heterocycles. The lowest BCUT2D eigenvalue weighted by Gasteiger charge is -2.23. The summed E-state index contributed by atoms with van der Waals surface area (Å²) in [6.45, 7) is 0.970. The topological polar surface area (TPSA) is 81.9 Å². The standard InChI is InChI=1S/C14H24N2O4S/c1-16(7-8-21(4,17)18)10-13(15)12-9-11(19-2)5-6-14(12)20-3/h5-6,9,13H,7-8,10,15H2,1-4H3. The Morgan fingerprint density at radius 1 is 1.29 bits per heavy atom. The Balaban J connectivity index is 2.76. The van der Waals surface area contributed by atoms with E-state index >= 15 is 0 Å². The number of benzene rings is 1. The second-order valence-electron chi connectivity index (χ2n) is 5.11. The first kappa shape index (κ1) is 17.7. The Kier molecular flexibility index (Phi) is 6.44. The molecule has 6 nitrogen and oxygen atoms in total. The molecule has 0 bridgehead atoms. The lowest BCUT2D eigenvalue weighted by molar-refractivity contribution is 0.322. The highest BCUT2D eigenvalue weighted by Crippen LogP contribution is 2.28. The van der Waals surface area contributed by atoms with Crippen LogP contribution < -0.4 is 15.2 Å². The predicted octanol–water partition coefficient (Wildman–Crippen LogP) is 0.680. The summed E-state index contributed by atoms with van der Waals surface area (Å²) < 4.78 is 32.9. The maximum atomic E-state index is 11.2. The van der Waals surface area contributed by atoms with Crippen LogP contribution in [0.5, 0.6) is 11.5 Å². The molecule has 0 aliphatic rings. The lowest BCUT2D eigenvalue weighted by Crippen LogP contribution is -2.32. The van der Waals surface area contributed by atoms with Gasteiger partial charge < -0.3 is 20.1 Å². The molecule has 0 amide bonds. The molecule has 21 heavy (non-hydrogen) atoms. The van der Waals surface area contributed by atoms with Crippen molar-refractivity contribution >= 4 is 9.84 Å². The van der Waals surface area contributed by atoms with E-state index < -0.39 is 9.84 Å². The zero-order chi connectivity index (χ0) is 16.0. The molecule has 0 fully saturated rings. The number of nitrogens with two attached hydrogens (primary N) is 1. The molecule has 0 radical (unpaired) electrons. The molecule has 1 aromatic carbocycles. The van der Waals surface area contributed by atoms with Crippen molar-refractivity contribution in [3.63, 3.8) is 0 Å². The van der Waals surface area contributed by atoms with Gasteiger partial charge in [-0.15, -0.1) is 0 Å². The fraction of sp³-hybridized carbons (Fsp3) is 0.571. The van der Waals surface area contributed by atoms with Gasteiger partial charge in [-0.25, -0.2) is 8.42 Å². The van der Waals surface area contributed by atoms with Crippen molar-refractivity contribution in [2.24, 2.45) is 5.73 Å². The average molecular weight is 316 g/mol. The van der Waals surface area contributed by atoms with Gasteiger partial charge in [-0.3, -0.25) is 0 Å². The van der Waals surface area contributed by atoms with E-state index in [0.717, 1.165) is 5.56 Å². The van der Waals surface area contributed by atoms with E-state index in [2.05, 4.69) is 0 Å². The Hall–Kier alpha value is -1.31. The smallest absolute Gasteiger partial charge is 0.148 e. The molecule has 1 rings (SSSR count). The summed E-state index contributed by atoms with van der Waals surface area (Å²) in [5.74, 6) is 1.52. The van der Waals surface area contributed by atoms with E-state index in [4.69, 9.17) is 15.2 Å². The molecule has 7 heteroatoms. The predicted molar refractivity (Wildman–Crippen MR) is 83.7 cm³/mol.